The fourth-order valence-electron chi connectivity index (χ4n) is 2.28. The third-order valence-electron chi connectivity index (χ3n) is 3.24. The molecule has 0 aliphatic rings. The first-order chi connectivity index (χ1) is 9.01. The molecule has 0 saturated heterocycles. The van der Waals surface area contributed by atoms with E-state index in [4.69, 9.17) is 4.42 Å². The zero-order chi connectivity index (χ0) is 14.0. The fraction of sp³-hybridized carbons (Fsp3) is 0.333. The van der Waals surface area contributed by atoms with Crippen LogP contribution in [0.15, 0.2) is 33.2 Å². The number of aryl methyl sites for hydroxylation is 2. The van der Waals surface area contributed by atoms with Crippen LogP contribution in [0, 0.1) is 19.7 Å². The molecule has 1 aromatic heterocycles. The third-order valence-corrected chi connectivity index (χ3v) is 3.73. The maximum Gasteiger partial charge on any atom is 0.126 e. The molecule has 4 heteroatoms. The van der Waals surface area contributed by atoms with E-state index >= 15 is 0 Å². The Kier molecular flexibility index (Phi) is 4.42. The second kappa shape index (κ2) is 5.88. The van der Waals surface area contributed by atoms with Gasteiger partial charge in [-0.15, -0.1) is 0 Å². The van der Waals surface area contributed by atoms with Gasteiger partial charge in [0.15, 0.2) is 0 Å². The number of rotatable bonds is 4. The molecule has 2 nitrogen and oxygen atoms in total. The Labute approximate surface area is 121 Å². The Morgan fingerprint density at radius 1 is 1.32 bits per heavy atom. The molecule has 1 N–H and O–H groups in total. The fourth-order valence-corrected chi connectivity index (χ4v) is 2.69. The minimum atomic E-state index is -0.179. The summed E-state index contributed by atoms with van der Waals surface area (Å²) in [6.45, 7) is 3.85. The molecule has 2 aromatic rings. The van der Waals surface area contributed by atoms with Crippen molar-refractivity contribution < 1.29 is 8.81 Å². The summed E-state index contributed by atoms with van der Waals surface area (Å²) in [6.07, 6.45) is 0.585. The molecule has 1 aromatic carbocycles. The number of likely N-dealkylation sites (N-methyl/N-ethyl adjacent to an activating group) is 1. The van der Waals surface area contributed by atoms with Gasteiger partial charge in [-0.2, -0.15) is 0 Å². The second-order valence-corrected chi connectivity index (χ2v) is 5.57. The van der Waals surface area contributed by atoms with E-state index in [1.54, 1.807) is 6.07 Å². The highest BCUT2D eigenvalue weighted by atomic mass is 79.9. The van der Waals surface area contributed by atoms with Crippen LogP contribution in [-0.4, -0.2) is 7.05 Å². The average Bonchev–Trinajstić information content (AvgIpc) is 2.69. The number of halogens is 2. The Morgan fingerprint density at radius 2 is 2.05 bits per heavy atom. The topological polar surface area (TPSA) is 25.2 Å². The summed E-state index contributed by atoms with van der Waals surface area (Å²) < 4.78 is 20.2. The van der Waals surface area contributed by atoms with Crippen LogP contribution in [-0.2, 0) is 6.42 Å². The van der Waals surface area contributed by atoms with Crippen LogP contribution in [0.5, 0.6) is 0 Å². The van der Waals surface area contributed by atoms with Crippen LogP contribution in [0.25, 0.3) is 0 Å². The van der Waals surface area contributed by atoms with Gasteiger partial charge in [0, 0.05) is 16.1 Å². The van der Waals surface area contributed by atoms with E-state index in [2.05, 4.69) is 21.2 Å². The molecule has 1 unspecified atom stereocenters. The van der Waals surface area contributed by atoms with Crippen molar-refractivity contribution in [2.75, 3.05) is 7.05 Å². The normalized spacial score (nSPS) is 12.7. The molecule has 2 rings (SSSR count). The Bertz CT molecular complexity index is 580. The Morgan fingerprint density at radius 3 is 2.63 bits per heavy atom. The molecule has 1 atom stereocenters. The first kappa shape index (κ1) is 14.3. The van der Waals surface area contributed by atoms with Crippen LogP contribution in [0.4, 0.5) is 4.39 Å². The van der Waals surface area contributed by atoms with E-state index < -0.39 is 0 Å². The molecule has 0 aliphatic heterocycles. The van der Waals surface area contributed by atoms with Crippen molar-refractivity contribution in [2.24, 2.45) is 0 Å². The summed E-state index contributed by atoms with van der Waals surface area (Å²) in [5.41, 5.74) is 1.77. The molecule has 0 fully saturated rings. The van der Waals surface area contributed by atoms with Gasteiger partial charge in [-0.25, -0.2) is 4.39 Å². The van der Waals surface area contributed by atoms with Crippen molar-refractivity contribution >= 4 is 15.9 Å². The predicted molar refractivity (Wildman–Crippen MR) is 77.8 cm³/mol. The zero-order valence-corrected chi connectivity index (χ0v) is 12.8. The number of furan rings is 1. The maximum atomic E-state index is 13.8. The number of hydrogen-bond donors (Lipinski definition) is 1. The predicted octanol–water partition coefficient (Wildman–Crippen LogP) is 4.30. The van der Waals surface area contributed by atoms with Crippen LogP contribution in [0.1, 0.15) is 28.7 Å². The summed E-state index contributed by atoms with van der Waals surface area (Å²) in [5, 5.41) is 3.23. The maximum absolute atomic E-state index is 13.8. The minimum Gasteiger partial charge on any atom is -0.466 e. The van der Waals surface area contributed by atoms with Gasteiger partial charge in [-0.3, -0.25) is 0 Å². The lowest BCUT2D eigenvalue weighted by Crippen LogP contribution is -2.19. The van der Waals surface area contributed by atoms with E-state index in [1.807, 2.05) is 33.0 Å². The SMILES string of the molecule is CNC(Cc1cc(Br)ccc1F)c1cc(C)oc1C. The molecular weight excluding hydrogens is 309 g/mol. The standard InChI is InChI=1S/C15H17BrFNO/c1-9-6-13(10(2)19-9)15(18-3)8-11-7-12(16)4-5-14(11)17/h4-7,15,18H,8H2,1-3H3. The molecule has 19 heavy (non-hydrogen) atoms. The van der Waals surface area contributed by atoms with Gasteiger partial charge in [-0.1, -0.05) is 15.9 Å². The average molecular weight is 326 g/mol. The van der Waals surface area contributed by atoms with Crippen LogP contribution < -0.4 is 5.32 Å². The molecule has 0 spiro atoms. The van der Waals surface area contributed by atoms with Gasteiger partial charge in [0.1, 0.15) is 17.3 Å². The van der Waals surface area contributed by atoms with Crippen molar-refractivity contribution in [3.63, 3.8) is 0 Å². The van der Waals surface area contributed by atoms with Crippen LogP contribution >= 0.6 is 15.9 Å². The summed E-state index contributed by atoms with van der Waals surface area (Å²) in [7, 11) is 1.88. The molecule has 0 aliphatic carbocycles. The largest absolute Gasteiger partial charge is 0.466 e. The lowest BCUT2D eigenvalue weighted by molar-refractivity contribution is 0.488. The van der Waals surface area contributed by atoms with E-state index in [0.717, 1.165) is 21.6 Å². The van der Waals surface area contributed by atoms with Gasteiger partial charge in [0.05, 0.1) is 0 Å². The van der Waals surface area contributed by atoms with E-state index in [-0.39, 0.29) is 11.9 Å². The molecule has 0 bridgehead atoms. The monoisotopic (exact) mass is 325 g/mol. The first-order valence-electron chi connectivity index (χ1n) is 6.19. The van der Waals surface area contributed by atoms with Crippen molar-refractivity contribution in [3.8, 4) is 0 Å². The molecule has 0 amide bonds. The number of benzene rings is 1. The minimum absolute atomic E-state index is 0.0428. The quantitative estimate of drug-likeness (QED) is 0.906. The zero-order valence-electron chi connectivity index (χ0n) is 11.3. The van der Waals surface area contributed by atoms with Crippen molar-refractivity contribution in [2.45, 2.75) is 26.3 Å². The smallest absolute Gasteiger partial charge is 0.126 e. The molecule has 0 saturated carbocycles. The Balaban J connectivity index is 2.29. The first-order valence-corrected chi connectivity index (χ1v) is 6.98. The highest BCUT2D eigenvalue weighted by molar-refractivity contribution is 9.10. The molecule has 102 valence electrons. The van der Waals surface area contributed by atoms with Gasteiger partial charge < -0.3 is 9.73 Å². The van der Waals surface area contributed by atoms with Gasteiger partial charge in [-0.05, 0) is 57.1 Å². The van der Waals surface area contributed by atoms with Crippen LogP contribution in [0.2, 0.25) is 0 Å². The molecular formula is C15H17BrFNO. The van der Waals surface area contributed by atoms with E-state index in [9.17, 15) is 4.39 Å². The number of nitrogens with one attached hydrogen (secondary N) is 1. The van der Waals surface area contributed by atoms with E-state index in [0.29, 0.717) is 12.0 Å². The molecule has 0 radical (unpaired) electrons. The van der Waals surface area contributed by atoms with Gasteiger partial charge >= 0.3 is 0 Å². The molecule has 1 heterocycles. The summed E-state index contributed by atoms with van der Waals surface area (Å²) in [4.78, 5) is 0. The van der Waals surface area contributed by atoms with E-state index in [1.165, 1.54) is 6.07 Å². The Hall–Kier alpha value is -1.13. The van der Waals surface area contributed by atoms with Crippen LogP contribution in [0.3, 0.4) is 0 Å². The summed E-state index contributed by atoms with van der Waals surface area (Å²) in [6, 6.07) is 7.07. The summed E-state index contributed by atoms with van der Waals surface area (Å²) >= 11 is 3.38. The highest BCUT2D eigenvalue weighted by Gasteiger charge is 2.17. The second-order valence-electron chi connectivity index (χ2n) is 4.65. The van der Waals surface area contributed by atoms with Crippen molar-refractivity contribution in [1.82, 2.24) is 5.32 Å². The van der Waals surface area contributed by atoms with Gasteiger partial charge in [0.25, 0.3) is 0 Å². The highest BCUT2D eigenvalue weighted by Crippen LogP contribution is 2.26. The van der Waals surface area contributed by atoms with Gasteiger partial charge in [0.2, 0.25) is 0 Å². The lowest BCUT2D eigenvalue weighted by Gasteiger charge is -2.16. The van der Waals surface area contributed by atoms with Crippen molar-refractivity contribution in [1.29, 1.82) is 0 Å². The van der Waals surface area contributed by atoms with Crippen molar-refractivity contribution in [3.05, 3.63) is 57.2 Å². The lowest BCUT2D eigenvalue weighted by atomic mass is 9.99. The summed E-state index contributed by atoms with van der Waals surface area (Å²) in [5.74, 6) is 1.58. The third kappa shape index (κ3) is 3.25. The number of hydrogen-bond acceptors (Lipinski definition) is 2.